The van der Waals surface area contributed by atoms with E-state index in [0.29, 0.717) is 24.4 Å². The quantitative estimate of drug-likeness (QED) is 0.847. The topological polar surface area (TPSA) is 82.6 Å². The van der Waals surface area contributed by atoms with Gasteiger partial charge in [-0.1, -0.05) is 18.2 Å². The van der Waals surface area contributed by atoms with E-state index in [9.17, 15) is 9.59 Å². The van der Waals surface area contributed by atoms with Crippen molar-refractivity contribution >= 4 is 22.6 Å². The van der Waals surface area contributed by atoms with Crippen LogP contribution in [0.3, 0.4) is 0 Å². The van der Waals surface area contributed by atoms with Crippen molar-refractivity contribution in [1.29, 1.82) is 0 Å². The Morgan fingerprint density at radius 2 is 2.20 bits per heavy atom. The van der Waals surface area contributed by atoms with Crippen LogP contribution in [0.4, 0.5) is 5.82 Å². The van der Waals surface area contributed by atoms with Gasteiger partial charge in [-0.2, -0.15) is 0 Å². The fraction of sp³-hybridized carbons (Fsp3) is 0.286. The average molecular weight is 274 g/mol. The van der Waals surface area contributed by atoms with E-state index in [-0.39, 0.29) is 12.1 Å². The number of nitrogens with one attached hydrogen (secondary N) is 1. The van der Waals surface area contributed by atoms with Crippen molar-refractivity contribution in [2.45, 2.75) is 6.10 Å². The number of aliphatic carboxylic acids is 1. The van der Waals surface area contributed by atoms with Crippen molar-refractivity contribution in [1.82, 2.24) is 4.98 Å². The van der Waals surface area contributed by atoms with Crippen molar-refractivity contribution in [2.24, 2.45) is 0 Å². The van der Waals surface area contributed by atoms with E-state index in [2.05, 4.69) is 4.98 Å². The van der Waals surface area contributed by atoms with Crippen LogP contribution in [0.2, 0.25) is 0 Å². The molecule has 1 aliphatic rings. The van der Waals surface area contributed by atoms with Crippen LogP contribution in [0, 0.1) is 0 Å². The van der Waals surface area contributed by atoms with Crippen molar-refractivity contribution in [3.8, 4) is 0 Å². The highest BCUT2D eigenvalue weighted by molar-refractivity contribution is 5.84. The summed E-state index contributed by atoms with van der Waals surface area (Å²) in [5, 5.41) is 10.5. The van der Waals surface area contributed by atoms with Crippen LogP contribution in [0.5, 0.6) is 0 Å². The van der Waals surface area contributed by atoms with Gasteiger partial charge in [0.25, 0.3) is 5.56 Å². The fourth-order valence-corrected chi connectivity index (χ4v) is 2.38. The lowest BCUT2D eigenvalue weighted by Crippen LogP contribution is -2.46. The molecule has 1 aromatic heterocycles. The molecule has 2 N–H and O–H groups in total. The number of carbonyl (C=O) groups is 1. The van der Waals surface area contributed by atoms with E-state index in [1.54, 1.807) is 6.07 Å². The van der Waals surface area contributed by atoms with Gasteiger partial charge in [-0.3, -0.25) is 4.79 Å². The Morgan fingerprint density at radius 3 is 3.00 bits per heavy atom. The van der Waals surface area contributed by atoms with Gasteiger partial charge in [-0.05, 0) is 17.5 Å². The number of carboxylic acid groups (broad SMARTS) is 1. The highest BCUT2D eigenvalue weighted by Crippen LogP contribution is 2.18. The van der Waals surface area contributed by atoms with E-state index < -0.39 is 12.1 Å². The molecule has 3 rings (SSSR count). The molecule has 0 aliphatic carbocycles. The normalized spacial score (nSPS) is 19.2. The fourth-order valence-electron chi connectivity index (χ4n) is 2.38. The summed E-state index contributed by atoms with van der Waals surface area (Å²) in [6.45, 7) is 1.10. The minimum absolute atomic E-state index is 0.170. The first kappa shape index (κ1) is 12.7. The number of pyridine rings is 1. The molecule has 6 heteroatoms. The minimum atomic E-state index is -0.988. The Balaban J connectivity index is 1.98. The largest absolute Gasteiger partial charge is 0.479 e. The summed E-state index contributed by atoms with van der Waals surface area (Å²) >= 11 is 0. The first-order valence-corrected chi connectivity index (χ1v) is 6.36. The molecule has 1 aromatic carbocycles. The van der Waals surface area contributed by atoms with Gasteiger partial charge in [0, 0.05) is 11.9 Å². The number of H-pyrrole nitrogens is 1. The summed E-state index contributed by atoms with van der Waals surface area (Å²) in [6.07, 6.45) is -0.862. The molecule has 1 aliphatic heterocycles. The standard InChI is InChI=1S/C14H14N2O4/c17-13-10-4-2-1-3-9(10)7-12(15-13)16-5-6-20-11(8-16)14(18)19/h1-4,7,11H,5-6,8H2,(H,15,17)(H,18,19). The summed E-state index contributed by atoms with van der Waals surface area (Å²) in [7, 11) is 0. The third kappa shape index (κ3) is 2.25. The first-order valence-electron chi connectivity index (χ1n) is 6.36. The lowest BCUT2D eigenvalue weighted by Gasteiger charge is -2.32. The van der Waals surface area contributed by atoms with Gasteiger partial charge in [0.05, 0.1) is 13.2 Å². The molecule has 6 nitrogen and oxygen atoms in total. The van der Waals surface area contributed by atoms with Crippen molar-refractivity contribution in [3.63, 3.8) is 0 Å². The molecule has 1 fully saturated rings. The van der Waals surface area contributed by atoms with Crippen LogP contribution in [0.25, 0.3) is 10.8 Å². The van der Waals surface area contributed by atoms with Crippen LogP contribution < -0.4 is 10.5 Å². The summed E-state index contributed by atoms with van der Waals surface area (Å²) in [6, 6.07) is 9.17. The molecule has 0 spiro atoms. The van der Waals surface area contributed by atoms with Crippen LogP contribution >= 0.6 is 0 Å². The Morgan fingerprint density at radius 1 is 1.40 bits per heavy atom. The molecule has 20 heavy (non-hydrogen) atoms. The number of ether oxygens (including phenoxy) is 1. The van der Waals surface area contributed by atoms with Gasteiger partial charge >= 0.3 is 5.97 Å². The lowest BCUT2D eigenvalue weighted by atomic mass is 10.1. The SMILES string of the molecule is O=C(O)C1CN(c2cc3ccccc3c(=O)[nH]2)CCO1. The Bertz CT molecular complexity index is 710. The Kier molecular flexibility index (Phi) is 3.15. The maximum absolute atomic E-state index is 12.0. The van der Waals surface area contributed by atoms with Gasteiger partial charge in [0.15, 0.2) is 6.10 Å². The van der Waals surface area contributed by atoms with E-state index >= 15 is 0 Å². The number of aromatic nitrogens is 1. The monoisotopic (exact) mass is 274 g/mol. The van der Waals surface area contributed by atoms with E-state index in [4.69, 9.17) is 9.84 Å². The zero-order valence-electron chi connectivity index (χ0n) is 10.7. The highest BCUT2D eigenvalue weighted by Gasteiger charge is 2.26. The van der Waals surface area contributed by atoms with Gasteiger partial charge in [-0.25, -0.2) is 4.79 Å². The van der Waals surface area contributed by atoms with Crippen LogP contribution in [0.15, 0.2) is 35.1 Å². The number of hydrogen-bond acceptors (Lipinski definition) is 4. The number of benzene rings is 1. The Labute approximate surface area is 114 Å². The molecule has 1 atom stereocenters. The molecule has 2 aromatic rings. The maximum Gasteiger partial charge on any atom is 0.334 e. The van der Waals surface area contributed by atoms with Crippen molar-refractivity contribution in [2.75, 3.05) is 24.6 Å². The maximum atomic E-state index is 12.0. The van der Waals surface area contributed by atoms with E-state index in [0.717, 1.165) is 5.39 Å². The zero-order valence-corrected chi connectivity index (χ0v) is 10.7. The summed E-state index contributed by atoms with van der Waals surface area (Å²) in [5.74, 6) is -0.360. The number of fused-ring (bicyclic) bond motifs is 1. The zero-order chi connectivity index (χ0) is 14.1. The molecule has 0 radical (unpaired) electrons. The van der Waals surface area contributed by atoms with E-state index in [1.165, 1.54) is 0 Å². The molecular weight excluding hydrogens is 260 g/mol. The summed E-state index contributed by atoms with van der Waals surface area (Å²) in [5.41, 5.74) is -0.170. The van der Waals surface area contributed by atoms with Crippen molar-refractivity contribution < 1.29 is 14.6 Å². The number of rotatable bonds is 2. The minimum Gasteiger partial charge on any atom is -0.479 e. The predicted molar refractivity (Wildman–Crippen MR) is 74.2 cm³/mol. The second-order valence-corrected chi connectivity index (χ2v) is 4.71. The van der Waals surface area contributed by atoms with Gasteiger partial charge in [0.1, 0.15) is 5.82 Å². The molecular formula is C14H14N2O4. The number of anilines is 1. The number of hydrogen-bond donors (Lipinski definition) is 2. The third-order valence-corrected chi connectivity index (χ3v) is 3.42. The number of carboxylic acids is 1. The molecule has 0 bridgehead atoms. The smallest absolute Gasteiger partial charge is 0.334 e. The highest BCUT2D eigenvalue weighted by atomic mass is 16.5. The summed E-state index contributed by atoms with van der Waals surface area (Å²) in [4.78, 5) is 27.6. The third-order valence-electron chi connectivity index (χ3n) is 3.42. The molecule has 1 unspecified atom stereocenters. The van der Waals surface area contributed by atoms with Gasteiger partial charge < -0.3 is 19.7 Å². The molecule has 0 saturated carbocycles. The van der Waals surface area contributed by atoms with Crippen molar-refractivity contribution in [3.05, 3.63) is 40.7 Å². The Hall–Kier alpha value is -2.34. The second-order valence-electron chi connectivity index (χ2n) is 4.71. The van der Waals surface area contributed by atoms with Gasteiger partial charge in [-0.15, -0.1) is 0 Å². The van der Waals surface area contributed by atoms with Crippen LogP contribution in [-0.4, -0.2) is 41.9 Å². The van der Waals surface area contributed by atoms with Crippen LogP contribution in [-0.2, 0) is 9.53 Å². The average Bonchev–Trinajstić information content (AvgIpc) is 2.47. The van der Waals surface area contributed by atoms with E-state index in [1.807, 2.05) is 29.2 Å². The number of aromatic amines is 1. The van der Waals surface area contributed by atoms with Gasteiger partial charge in [0.2, 0.25) is 0 Å². The molecule has 0 amide bonds. The molecule has 104 valence electrons. The first-order chi connectivity index (χ1) is 9.65. The number of morpholine rings is 1. The van der Waals surface area contributed by atoms with Crippen LogP contribution in [0.1, 0.15) is 0 Å². The number of nitrogens with zero attached hydrogens (tertiary/aromatic N) is 1. The second kappa shape index (κ2) is 4.97. The lowest BCUT2D eigenvalue weighted by molar-refractivity contribution is -0.150. The molecule has 1 saturated heterocycles. The predicted octanol–water partition coefficient (Wildman–Crippen LogP) is 0.818. The molecule has 2 heterocycles. The summed E-state index contributed by atoms with van der Waals surface area (Å²) < 4.78 is 5.18.